The van der Waals surface area contributed by atoms with Crippen molar-refractivity contribution in [2.45, 2.75) is 6.42 Å². The molecule has 0 bridgehead atoms. The average molecular weight is 410 g/mol. The lowest BCUT2D eigenvalue weighted by atomic mass is 10.1. The Morgan fingerprint density at radius 2 is 1.50 bits per heavy atom. The van der Waals surface area contributed by atoms with E-state index in [9.17, 15) is 19.2 Å². The van der Waals surface area contributed by atoms with Gasteiger partial charge in [-0.05, 0) is 12.1 Å². The Hall–Kier alpha value is -3.88. The summed E-state index contributed by atoms with van der Waals surface area (Å²) in [6.45, 7) is 0.0388. The zero-order chi connectivity index (χ0) is 21.4. The van der Waals surface area contributed by atoms with E-state index in [0.29, 0.717) is 22.2 Å². The molecule has 0 aliphatic carbocycles. The first-order chi connectivity index (χ1) is 14.4. The van der Waals surface area contributed by atoms with Crippen molar-refractivity contribution < 1.29 is 33.5 Å². The minimum absolute atomic E-state index is 0.0388. The van der Waals surface area contributed by atoms with E-state index < -0.39 is 23.7 Å². The van der Waals surface area contributed by atoms with Crippen LogP contribution in [0.3, 0.4) is 0 Å². The Morgan fingerprint density at radius 1 is 0.933 bits per heavy atom. The van der Waals surface area contributed by atoms with Crippen molar-refractivity contribution >= 4 is 29.4 Å². The molecule has 0 saturated carbocycles. The maximum atomic E-state index is 12.6. The number of nitrogens with zero attached hydrogens (tertiary/aromatic N) is 2. The maximum Gasteiger partial charge on any atom is 0.338 e. The van der Waals surface area contributed by atoms with Gasteiger partial charge >= 0.3 is 5.97 Å². The monoisotopic (exact) mass is 410 g/mol. The molecule has 1 saturated heterocycles. The Balaban J connectivity index is 1.49. The molecule has 3 amide bonds. The normalized spacial score (nSPS) is 17.9. The number of methoxy groups -OCH3 is 2. The largest absolute Gasteiger partial charge is 0.497 e. The molecule has 2 heterocycles. The van der Waals surface area contributed by atoms with Crippen LogP contribution >= 0.6 is 0 Å². The van der Waals surface area contributed by atoms with E-state index in [2.05, 4.69) is 0 Å². The van der Waals surface area contributed by atoms with Gasteiger partial charge < -0.3 is 19.2 Å². The maximum absolute atomic E-state index is 12.6. The average Bonchev–Trinajstić information content (AvgIpc) is 3.27. The van der Waals surface area contributed by atoms with Crippen molar-refractivity contribution in [3.8, 4) is 11.5 Å². The number of amides is 3. The van der Waals surface area contributed by atoms with Gasteiger partial charge in [0.15, 0.2) is 0 Å². The van der Waals surface area contributed by atoms with Gasteiger partial charge in [-0.1, -0.05) is 17.2 Å². The second kappa shape index (κ2) is 7.51. The molecule has 0 radical (unpaired) electrons. The van der Waals surface area contributed by atoms with Gasteiger partial charge in [0.1, 0.15) is 11.5 Å². The van der Waals surface area contributed by atoms with Crippen LogP contribution in [-0.4, -0.2) is 49.5 Å². The summed E-state index contributed by atoms with van der Waals surface area (Å²) in [5.74, 6) is -2.38. The van der Waals surface area contributed by atoms with E-state index in [-0.39, 0.29) is 30.0 Å². The SMILES string of the molecule is COc1cc(OC)cc(N2CC(C(=O)ON3C(=O)c4ccccc4C3=O)CC2=O)c1. The molecule has 2 aromatic rings. The number of rotatable bonds is 5. The van der Waals surface area contributed by atoms with E-state index in [1.54, 1.807) is 30.3 Å². The fourth-order valence-electron chi connectivity index (χ4n) is 3.48. The van der Waals surface area contributed by atoms with E-state index in [1.165, 1.54) is 31.3 Å². The summed E-state index contributed by atoms with van der Waals surface area (Å²) in [5.41, 5.74) is 0.845. The summed E-state index contributed by atoms with van der Waals surface area (Å²) in [6.07, 6.45) is -0.110. The fourth-order valence-corrected chi connectivity index (χ4v) is 3.48. The van der Waals surface area contributed by atoms with Crippen molar-refractivity contribution in [3.63, 3.8) is 0 Å². The first-order valence-electron chi connectivity index (χ1n) is 9.16. The van der Waals surface area contributed by atoms with E-state index in [1.807, 2.05) is 0 Å². The van der Waals surface area contributed by atoms with Gasteiger partial charge in [-0.25, -0.2) is 4.79 Å². The number of hydrogen-bond acceptors (Lipinski definition) is 7. The lowest BCUT2D eigenvalue weighted by molar-refractivity contribution is -0.173. The van der Waals surface area contributed by atoms with Crippen LogP contribution in [0.5, 0.6) is 11.5 Å². The van der Waals surface area contributed by atoms with Gasteiger partial charge in [-0.2, -0.15) is 0 Å². The smallest absolute Gasteiger partial charge is 0.338 e. The van der Waals surface area contributed by atoms with Gasteiger partial charge in [0.25, 0.3) is 11.8 Å². The van der Waals surface area contributed by atoms with Gasteiger partial charge in [0.05, 0.1) is 37.0 Å². The van der Waals surface area contributed by atoms with Crippen molar-refractivity contribution in [1.29, 1.82) is 0 Å². The zero-order valence-corrected chi connectivity index (χ0v) is 16.3. The molecule has 2 aliphatic heterocycles. The molecule has 1 unspecified atom stereocenters. The van der Waals surface area contributed by atoms with Gasteiger partial charge in [0, 0.05) is 31.2 Å². The molecule has 2 aliphatic rings. The second-order valence-corrected chi connectivity index (χ2v) is 6.84. The number of benzene rings is 2. The van der Waals surface area contributed by atoms with Crippen LogP contribution < -0.4 is 14.4 Å². The van der Waals surface area contributed by atoms with Crippen molar-refractivity contribution in [2.24, 2.45) is 5.92 Å². The quantitative estimate of drug-likeness (QED) is 0.693. The predicted molar refractivity (Wildman–Crippen MR) is 103 cm³/mol. The zero-order valence-electron chi connectivity index (χ0n) is 16.3. The highest BCUT2D eigenvalue weighted by atomic mass is 16.7. The van der Waals surface area contributed by atoms with Crippen LogP contribution in [0.15, 0.2) is 42.5 Å². The molecule has 0 aromatic heterocycles. The van der Waals surface area contributed by atoms with Crippen LogP contribution in [0.1, 0.15) is 27.1 Å². The number of hydrogen-bond donors (Lipinski definition) is 0. The molecule has 9 heteroatoms. The molecule has 2 aromatic carbocycles. The van der Waals surface area contributed by atoms with Crippen LogP contribution in [0.2, 0.25) is 0 Å². The molecule has 0 spiro atoms. The number of fused-ring (bicyclic) bond motifs is 1. The van der Waals surface area contributed by atoms with Gasteiger partial charge in [-0.3, -0.25) is 14.4 Å². The summed E-state index contributed by atoms with van der Waals surface area (Å²) in [7, 11) is 2.99. The first-order valence-corrected chi connectivity index (χ1v) is 9.16. The van der Waals surface area contributed by atoms with Gasteiger partial charge in [0.2, 0.25) is 5.91 Å². The summed E-state index contributed by atoms with van der Waals surface area (Å²) < 4.78 is 10.4. The van der Waals surface area contributed by atoms with Crippen LogP contribution in [-0.2, 0) is 14.4 Å². The minimum atomic E-state index is -0.834. The number of imide groups is 1. The van der Waals surface area contributed by atoms with E-state index in [0.717, 1.165) is 0 Å². The molecule has 154 valence electrons. The standard InChI is InChI=1S/C21H18N2O7/c1-28-14-8-13(9-15(10-14)29-2)22-11-12(7-18(22)24)21(27)30-23-19(25)16-5-3-4-6-17(16)20(23)26/h3-6,8-10,12H,7,11H2,1-2H3. The Labute approximate surface area is 171 Å². The third-order valence-electron chi connectivity index (χ3n) is 5.04. The summed E-state index contributed by atoms with van der Waals surface area (Å²) in [5, 5.41) is 0.453. The molecule has 1 atom stereocenters. The highest BCUT2D eigenvalue weighted by Crippen LogP contribution is 2.33. The number of carbonyl (C=O) groups excluding carboxylic acids is 4. The molecule has 1 fully saturated rings. The molecular formula is C21H18N2O7. The molecular weight excluding hydrogens is 392 g/mol. The predicted octanol–water partition coefficient (Wildman–Crippen LogP) is 1.81. The first kappa shape index (κ1) is 19.4. The number of ether oxygens (including phenoxy) is 2. The van der Waals surface area contributed by atoms with Crippen LogP contribution in [0, 0.1) is 5.92 Å². The lowest BCUT2D eigenvalue weighted by Crippen LogP contribution is -2.36. The van der Waals surface area contributed by atoms with Crippen LogP contribution in [0.4, 0.5) is 5.69 Å². The van der Waals surface area contributed by atoms with E-state index in [4.69, 9.17) is 14.3 Å². The molecule has 9 nitrogen and oxygen atoms in total. The number of hydroxylamine groups is 2. The Kier molecular flexibility index (Phi) is 4.86. The van der Waals surface area contributed by atoms with Gasteiger partial charge in [-0.15, -0.1) is 0 Å². The fraction of sp³-hybridized carbons (Fsp3) is 0.238. The minimum Gasteiger partial charge on any atom is -0.497 e. The van der Waals surface area contributed by atoms with Crippen LogP contribution in [0.25, 0.3) is 0 Å². The highest BCUT2D eigenvalue weighted by Gasteiger charge is 2.42. The van der Waals surface area contributed by atoms with Crippen molar-refractivity contribution in [3.05, 3.63) is 53.6 Å². The molecule has 30 heavy (non-hydrogen) atoms. The highest BCUT2D eigenvalue weighted by molar-refractivity contribution is 6.21. The lowest BCUT2D eigenvalue weighted by Gasteiger charge is -2.19. The summed E-state index contributed by atoms with van der Waals surface area (Å²) >= 11 is 0. The molecule has 4 rings (SSSR count). The van der Waals surface area contributed by atoms with Crippen molar-refractivity contribution in [2.75, 3.05) is 25.7 Å². The third-order valence-corrected chi connectivity index (χ3v) is 5.04. The summed E-state index contributed by atoms with van der Waals surface area (Å²) in [4.78, 5) is 56.4. The van der Waals surface area contributed by atoms with Crippen molar-refractivity contribution in [1.82, 2.24) is 5.06 Å². The topological polar surface area (TPSA) is 102 Å². The third kappa shape index (κ3) is 3.24. The Bertz CT molecular complexity index is 1010. The molecule has 0 N–H and O–H groups in total. The number of carbonyl (C=O) groups is 4. The summed E-state index contributed by atoms with van der Waals surface area (Å²) in [6, 6.07) is 11.2. The van der Waals surface area contributed by atoms with E-state index >= 15 is 0 Å². The Morgan fingerprint density at radius 3 is 2.03 bits per heavy atom. The second-order valence-electron chi connectivity index (χ2n) is 6.84. The number of anilines is 1.